The summed E-state index contributed by atoms with van der Waals surface area (Å²) < 4.78 is 63.2. The molecule has 1 N–H and O–H groups in total. The minimum atomic E-state index is -5.77. The van der Waals surface area contributed by atoms with Gasteiger partial charge < -0.3 is 0 Å². The van der Waals surface area contributed by atoms with Gasteiger partial charge in [0.2, 0.25) is 0 Å². The molecule has 23 heavy (non-hydrogen) atoms. The van der Waals surface area contributed by atoms with Crippen LogP contribution in [0.2, 0.25) is 0 Å². The molecule has 0 bridgehead atoms. The second-order valence-electron chi connectivity index (χ2n) is 5.99. The Balaban J connectivity index is 2.88. The maximum atomic E-state index is 12.9. The van der Waals surface area contributed by atoms with E-state index in [-0.39, 0.29) is 11.4 Å². The fourth-order valence-electron chi connectivity index (χ4n) is 2.05. The number of rotatable bonds is 2. The summed E-state index contributed by atoms with van der Waals surface area (Å²) in [4.78, 5) is 11.1. The number of halogens is 3. The monoisotopic (exact) mass is 348 g/mol. The maximum Gasteiger partial charge on any atom is 0.502 e. The highest BCUT2D eigenvalue weighted by Gasteiger charge is 2.51. The van der Waals surface area contributed by atoms with Gasteiger partial charge in [-0.3, -0.25) is 9.89 Å². The molecule has 1 heterocycles. The van der Waals surface area contributed by atoms with Crippen molar-refractivity contribution in [2.75, 3.05) is 0 Å². The predicted octanol–water partition coefficient (Wildman–Crippen LogP) is 2.76. The maximum absolute atomic E-state index is 12.9. The number of sulfone groups is 1. The summed E-state index contributed by atoms with van der Waals surface area (Å²) >= 11 is 0. The summed E-state index contributed by atoms with van der Waals surface area (Å²) in [6.45, 7) is 4.55. The first-order chi connectivity index (χ1) is 10.4. The van der Waals surface area contributed by atoms with E-state index in [2.05, 4.69) is 5.10 Å². The molecule has 126 valence electrons. The molecular weight excluding hydrogens is 333 g/mol. The Labute approximate surface area is 130 Å². The molecule has 0 amide bonds. The number of benzene rings is 1. The van der Waals surface area contributed by atoms with Gasteiger partial charge >= 0.3 is 5.51 Å². The molecule has 2 rings (SSSR count). The van der Waals surface area contributed by atoms with E-state index in [1.165, 1.54) is 32.9 Å². The quantitative estimate of drug-likeness (QED) is 0.907. The zero-order valence-corrected chi connectivity index (χ0v) is 13.4. The standard InChI is InChI=1S/C14H15F3N2O3S/c1-13(2,3)11-10(23(21,22)14(15,16)17)12(20)19(18-11)9-7-5-4-6-8-9/h4-8,18H,1-3H3. The number of aromatic amines is 1. The van der Waals surface area contributed by atoms with Crippen molar-refractivity contribution in [1.29, 1.82) is 0 Å². The lowest BCUT2D eigenvalue weighted by Crippen LogP contribution is -2.31. The lowest BCUT2D eigenvalue weighted by molar-refractivity contribution is -0.0437. The van der Waals surface area contributed by atoms with Crippen molar-refractivity contribution in [2.45, 2.75) is 36.6 Å². The van der Waals surface area contributed by atoms with Crippen LogP contribution in [-0.2, 0) is 15.3 Å². The largest absolute Gasteiger partial charge is 0.502 e. The zero-order valence-electron chi connectivity index (χ0n) is 12.6. The molecule has 0 aliphatic heterocycles. The molecule has 0 atom stereocenters. The third-order valence-electron chi connectivity index (χ3n) is 3.19. The number of hydrogen-bond acceptors (Lipinski definition) is 3. The van der Waals surface area contributed by atoms with E-state index in [4.69, 9.17) is 0 Å². The van der Waals surface area contributed by atoms with Gasteiger partial charge in [-0.1, -0.05) is 39.0 Å². The lowest BCUT2D eigenvalue weighted by atomic mass is 9.92. The number of para-hydroxylation sites is 1. The molecular formula is C14H15F3N2O3S. The van der Waals surface area contributed by atoms with Crippen LogP contribution in [0.25, 0.3) is 5.69 Å². The summed E-state index contributed by atoms with van der Waals surface area (Å²) in [5.41, 5.74) is -7.86. The first-order valence-corrected chi connectivity index (χ1v) is 8.08. The molecule has 1 aromatic heterocycles. The van der Waals surface area contributed by atoms with Gasteiger partial charge in [0, 0.05) is 5.41 Å². The van der Waals surface area contributed by atoms with E-state index in [9.17, 15) is 26.4 Å². The smallest absolute Gasteiger partial charge is 0.293 e. The van der Waals surface area contributed by atoms with Crippen molar-refractivity contribution >= 4 is 9.84 Å². The van der Waals surface area contributed by atoms with Crippen LogP contribution < -0.4 is 5.56 Å². The van der Waals surface area contributed by atoms with Crippen molar-refractivity contribution in [2.24, 2.45) is 0 Å². The Bertz CT molecular complexity index is 873. The second-order valence-corrected chi connectivity index (χ2v) is 7.87. The van der Waals surface area contributed by atoms with Gasteiger partial charge in [0.1, 0.15) is 0 Å². The Hall–Kier alpha value is -2.03. The molecule has 0 saturated carbocycles. The highest BCUT2D eigenvalue weighted by atomic mass is 32.2. The third kappa shape index (κ3) is 2.92. The van der Waals surface area contributed by atoms with Crippen molar-refractivity contribution in [3.05, 3.63) is 46.4 Å². The van der Waals surface area contributed by atoms with Gasteiger partial charge in [-0.2, -0.15) is 13.2 Å². The van der Waals surface area contributed by atoms with Crippen molar-refractivity contribution in [1.82, 2.24) is 9.78 Å². The molecule has 1 aromatic carbocycles. The summed E-state index contributed by atoms with van der Waals surface area (Å²) in [5.74, 6) is 0. The average Bonchev–Trinajstić information content (AvgIpc) is 2.76. The molecule has 0 saturated heterocycles. The van der Waals surface area contributed by atoms with Crippen LogP contribution in [0.1, 0.15) is 26.5 Å². The molecule has 0 radical (unpaired) electrons. The van der Waals surface area contributed by atoms with E-state index >= 15 is 0 Å². The van der Waals surface area contributed by atoms with Gasteiger partial charge in [0.15, 0.2) is 4.90 Å². The van der Waals surface area contributed by atoms with Gasteiger partial charge in [0.25, 0.3) is 15.4 Å². The fourth-order valence-corrected chi connectivity index (χ4v) is 3.23. The van der Waals surface area contributed by atoms with Gasteiger partial charge in [0.05, 0.1) is 11.4 Å². The Kier molecular flexibility index (Phi) is 3.96. The highest BCUT2D eigenvalue weighted by Crippen LogP contribution is 2.34. The first kappa shape index (κ1) is 17.3. The van der Waals surface area contributed by atoms with Crippen LogP contribution in [0.4, 0.5) is 13.2 Å². The van der Waals surface area contributed by atoms with Crippen molar-refractivity contribution in [3.63, 3.8) is 0 Å². The molecule has 9 heteroatoms. The van der Waals surface area contributed by atoms with E-state index in [1.807, 2.05) is 0 Å². The van der Waals surface area contributed by atoms with Crippen LogP contribution in [0.15, 0.2) is 40.0 Å². The van der Waals surface area contributed by atoms with Crippen molar-refractivity contribution in [3.8, 4) is 5.69 Å². The number of hydrogen-bond donors (Lipinski definition) is 1. The summed E-state index contributed by atoms with van der Waals surface area (Å²) in [6.07, 6.45) is 0. The summed E-state index contributed by atoms with van der Waals surface area (Å²) in [5, 5.41) is 2.51. The predicted molar refractivity (Wildman–Crippen MR) is 78.3 cm³/mol. The molecule has 0 fully saturated rings. The van der Waals surface area contributed by atoms with Crippen LogP contribution >= 0.6 is 0 Å². The number of H-pyrrole nitrogens is 1. The molecule has 0 aliphatic rings. The van der Waals surface area contributed by atoms with E-state index in [0.717, 1.165) is 4.68 Å². The zero-order chi connectivity index (χ0) is 17.6. The van der Waals surface area contributed by atoms with Gasteiger partial charge in [-0.15, -0.1) is 0 Å². The summed E-state index contributed by atoms with van der Waals surface area (Å²) in [7, 11) is -5.77. The SMILES string of the molecule is CC(C)(C)c1[nH]n(-c2ccccc2)c(=O)c1S(=O)(=O)C(F)(F)F. The number of aromatic nitrogens is 2. The van der Waals surface area contributed by atoms with Gasteiger partial charge in [-0.05, 0) is 12.1 Å². The summed E-state index contributed by atoms with van der Waals surface area (Å²) in [6, 6.07) is 7.78. The third-order valence-corrected chi connectivity index (χ3v) is 4.71. The minimum absolute atomic E-state index is 0.242. The number of nitrogens with zero attached hydrogens (tertiary/aromatic N) is 1. The Morgan fingerprint density at radius 2 is 1.57 bits per heavy atom. The van der Waals surface area contributed by atoms with Crippen LogP contribution in [0.5, 0.6) is 0 Å². The van der Waals surface area contributed by atoms with E-state index in [0.29, 0.717) is 0 Å². The van der Waals surface area contributed by atoms with Crippen LogP contribution in [0.3, 0.4) is 0 Å². The average molecular weight is 348 g/mol. The molecule has 2 aromatic rings. The lowest BCUT2D eigenvalue weighted by Gasteiger charge is -2.18. The van der Waals surface area contributed by atoms with E-state index < -0.39 is 31.2 Å². The number of alkyl halides is 3. The Morgan fingerprint density at radius 3 is 2.00 bits per heavy atom. The van der Waals surface area contributed by atoms with Crippen LogP contribution in [-0.4, -0.2) is 23.7 Å². The molecule has 5 nitrogen and oxygen atoms in total. The molecule has 0 spiro atoms. The second kappa shape index (κ2) is 5.26. The van der Waals surface area contributed by atoms with Crippen molar-refractivity contribution < 1.29 is 21.6 Å². The topological polar surface area (TPSA) is 71.9 Å². The molecule has 0 unspecified atom stereocenters. The number of nitrogens with one attached hydrogen (secondary N) is 1. The van der Waals surface area contributed by atoms with E-state index in [1.54, 1.807) is 18.2 Å². The molecule has 0 aliphatic carbocycles. The minimum Gasteiger partial charge on any atom is -0.293 e. The highest BCUT2D eigenvalue weighted by molar-refractivity contribution is 7.92. The first-order valence-electron chi connectivity index (χ1n) is 6.59. The fraction of sp³-hybridized carbons (Fsp3) is 0.357. The normalized spacial score (nSPS) is 13.3. The van der Waals surface area contributed by atoms with Crippen LogP contribution in [0, 0.1) is 0 Å². The van der Waals surface area contributed by atoms with Gasteiger partial charge in [-0.25, -0.2) is 13.1 Å². The Morgan fingerprint density at radius 1 is 1.04 bits per heavy atom.